The number of ether oxygens (including phenoxy) is 2. The van der Waals surface area contributed by atoms with Gasteiger partial charge in [0.05, 0.1) is 18.2 Å². The quantitative estimate of drug-likeness (QED) is 0.731. The molecule has 2 heterocycles. The average Bonchev–Trinajstić information content (AvgIpc) is 2.74. The summed E-state index contributed by atoms with van der Waals surface area (Å²) in [7, 11) is 0. The Kier molecular flexibility index (Phi) is 4.76. The highest BCUT2D eigenvalue weighted by Crippen LogP contribution is 2.12. The van der Waals surface area contributed by atoms with Crippen molar-refractivity contribution in [2.24, 2.45) is 0 Å². The lowest BCUT2D eigenvalue weighted by Crippen LogP contribution is -2.42. The highest BCUT2D eigenvalue weighted by atomic mass is 16.5. The third-order valence-electron chi connectivity index (χ3n) is 3.46. The molecular formula is C12H22N2O3. The molecule has 2 atom stereocenters. The highest BCUT2D eigenvalue weighted by Gasteiger charge is 2.25. The van der Waals surface area contributed by atoms with E-state index in [1.807, 2.05) is 6.92 Å². The molecule has 5 heteroatoms. The molecule has 0 radical (unpaired) electrons. The number of hydrogen-bond acceptors (Lipinski definition) is 4. The van der Waals surface area contributed by atoms with Crippen molar-refractivity contribution in [3.63, 3.8) is 0 Å². The van der Waals surface area contributed by atoms with Crippen molar-refractivity contribution in [2.45, 2.75) is 44.4 Å². The molecule has 0 aliphatic carbocycles. The van der Waals surface area contributed by atoms with Gasteiger partial charge in [-0.1, -0.05) is 0 Å². The van der Waals surface area contributed by atoms with Gasteiger partial charge in [-0.3, -0.25) is 4.79 Å². The van der Waals surface area contributed by atoms with Crippen LogP contribution in [0.3, 0.4) is 0 Å². The zero-order valence-corrected chi connectivity index (χ0v) is 10.4. The maximum Gasteiger partial charge on any atom is 0.246 e. The largest absolute Gasteiger partial charge is 0.376 e. The van der Waals surface area contributed by atoms with Crippen molar-refractivity contribution in [1.82, 2.24) is 10.6 Å². The van der Waals surface area contributed by atoms with Gasteiger partial charge in [-0.05, 0) is 39.3 Å². The number of hydrogen-bond donors (Lipinski definition) is 2. The van der Waals surface area contributed by atoms with Crippen LogP contribution in [-0.2, 0) is 14.3 Å². The van der Waals surface area contributed by atoms with E-state index in [1.165, 1.54) is 0 Å². The molecule has 0 bridgehead atoms. The predicted molar refractivity (Wildman–Crippen MR) is 63.8 cm³/mol. The van der Waals surface area contributed by atoms with Crippen LogP contribution in [0.25, 0.3) is 0 Å². The second kappa shape index (κ2) is 6.33. The summed E-state index contributed by atoms with van der Waals surface area (Å²) in [6, 6.07) is 0.152. The molecule has 0 spiro atoms. The van der Waals surface area contributed by atoms with Crippen LogP contribution in [0.5, 0.6) is 0 Å². The lowest BCUT2D eigenvalue weighted by molar-refractivity contribution is -0.129. The van der Waals surface area contributed by atoms with Gasteiger partial charge >= 0.3 is 0 Å². The van der Waals surface area contributed by atoms with Gasteiger partial charge in [0.2, 0.25) is 5.91 Å². The summed E-state index contributed by atoms with van der Waals surface area (Å²) >= 11 is 0. The predicted octanol–water partition coefficient (Wildman–Crippen LogP) is 0.0486. The minimum absolute atomic E-state index is 0.0223. The molecule has 2 N–H and O–H groups in total. The van der Waals surface area contributed by atoms with Crippen LogP contribution in [0.2, 0.25) is 0 Å². The van der Waals surface area contributed by atoms with Crippen LogP contribution >= 0.6 is 0 Å². The van der Waals surface area contributed by atoms with E-state index in [2.05, 4.69) is 10.6 Å². The van der Waals surface area contributed by atoms with Crippen molar-refractivity contribution >= 4 is 5.91 Å². The first-order valence-electron chi connectivity index (χ1n) is 6.49. The van der Waals surface area contributed by atoms with Crippen LogP contribution < -0.4 is 10.6 Å². The average molecular weight is 242 g/mol. The Balaban J connectivity index is 1.63. The van der Waals surface area contributed by atoms with E-state index in [0.29, 0.717) is 0 Å². The summed E-state index contributed by atoms with van der Waals surface area (Å²) in [5, 5.41) is 6.23. The molecule has 1 amide bonds. The van der Waals surface area contributed by atoms with E-state index in [-0.39, 0.29) is 30.8 Å². The maximum atomic E-state index is 11.7. The minimum Gasteiger partial charge on any atom is -0.376 e. The molecule has 98 valence electrons. The van der Waals surface area contributed by atoms with Crippen LogP contribution in [0.1, 0.15) is 26.2 Å². The number of rotatable bonds is 4. The molecule has 0 saturated carbocycles. The Morgan fingerprint density at radius 2 is 2.18 bits per heavy atom. The summed E-state index contributed by atoms with van der Waals surface area (Å²) in [6.07, 6.45) is 3.25. The van der Waals surface area contributed by atoms with E-state index in [0.717, 1.165) is 39.0 Å². The first-order chi connectivity index (χ1) is 8.25. The van der Waals surface area contributed by atoms with E-state index in [9.17, 15) is 4.79 Å². The summed E-state index contributed by atoms with van der Waals surface area (Å²) in [4.78, 5) is 11.7. The summed E-state index contributed by atoms with van der Waals surface area (Å²) in [5.41, 5.74) is 0. The second-order valence-corrected chi connectivity index (χ2v) is 4.80. The Morgan fingerprint density at radius 3 is 2.82 bits per heavy atom. The second-order valence-electron chi connectivity index (χ2n) is 4.80. The number of amides is 1. The topological polar surface area (TPSA) is 59.6 Å². The molecular weight excluding hydrogens is 220 g/mol. The van der Waals surface area contributed by atoms with Crippen molar-refractivity contribution in [3.05, 3.63) is 0 Å². The van der Waals surface area contributed by atoms with E-state index >= 15 is 0 Å². The molecule has 2 saturated heterocycles. The molecule has 2 aliphatic rings. The summed E-state index contributed by atoms with van der Waals surface area (Å²) in [5.74, 6) is -0.0223. The van der Waals surface area contributed by atoms with Crippen LogP contribution in [0.4, 0.5) is 0 Å². The van der Waals surface area contributed by atoms with Gasteiger partial charge in [0.15, 0.2) is 0 Å². The molecule has 5 nitrogen and oxygen atoms in total. The Labute approximate surface area is 102 Å². The summed E-state index contributed by atoms with van der Waals surface area (Å²) < 4.78 is 11.0. The minimum atomic E-state index is -0.0223. The SMILES string of the molecule is CC1OCCC1NC(=O)COC1CCNCC1. The first kappa shape index (κ1) is 12.8. The molecule has 0 aromatic heterocycles. The fourth-order valence-electron chi connectivity index (χ4n) is 2.33. The van der Waals surface area contributed by atoms with Gasteiger partial charge in [0.25, 0.3) is 0 Å². The number of carbonyl (C=O) groups excluding carboxylic acids is 1. The van der Waals surface area contributed by atoms with E-state index < -0.39 is 0 Å². The van der Waals surface area contributed by atoms with E-state index in [4.69, 9.17) is 9.47 Å². The number of piperidine rings is 1. The standard InChI is InChI=1S/C12H22N2O3/c1-9-11(4-7-16-9)14-12(15)8-17-10-2-5-13-6-3-10/h9-11,13H,2-8H2,1H3,(H,14,15). The molecule has 2 fully saturated rings. The van der Waals surface area contributed by atoms with Crippen molar-refractivity contribution < 1.29 is 14.3 Å². The monoisotopic (exact) mass is 242 g/mol. The van der Waals surface area contributed by atoms with Crippen LogP contribution in [-0.4, -0.2) is 50.5 Å². The zero-order valence-electron chi connectivity index (χ0n) is 10.4. The first-order valence-corrected chi connectivity index (χ1v) is 6.49. The maximum absolute atomic E-state index is 11.7. The lowest BCUT2D eigenvalue weighted by atomic mass is 10.1. The molecule has 17 heavy (non-hydrogen) atoms. The van der Waals surface area contributed by atoms with Gasteiger partial charge in [-0.15, -0.1) is 0 Å². The molecule has 2 aliphatic heterocycles. The fraction of sp³-hybridized carbons (Fsp3) is 0.917. The van der Waals surface area contributed by atoms with Crippen LogP contribution in [0.15, 0.2) is 0 Å². The van der Waals surface area contributed by atoms with Gasteiger partial charge in [-0.2, -0.15) is 0 Å². The lowest BCUT2D eigenvalue weighted by Gasteiger charge is -2.23. The molecule has 0 aromatic carbocycles. The number of nitrogens with one attached hydrogen (secondary N) is 2. The van der Waals surface area contributed by atoms with Gasteiger partial charge in [0.1, 0.15) is 6.61 Å². The normalized spacial score (nSPS) is 30.4. The third kappa shape index (κ3) is 3.94. The highest BCUT2D eigenvalue weighted by molar-refractivity contribution is 5.77. The van der Waals surface area contributed by atoms with Gasteiger partial charge in [0, 0.05) is 6.61 Å². The van der Waals surface area contributed by atoms with Crippen molar-refractivity contribution in [3.8, 4) is 0 Å². The Hall–Kier alpha value is -0.650. The van der Waals surface area contributed by atoms with Gasteiger partial charge in [-0.25, -0.2) is 0 Å². The smallest absolute Gasteiger partial charge is 0.246 e. The molecule has 0 aromatic rings. The van der Waals surface area contributed by atoms with Crippen molar-refractivity contribution in [1.29, 1.82) is 0 Å². The van der Waals surface area contributed by atoms with Crippen LogP contribution in [0, 0.1) is 0 Å². The zero-order chi connectivity index (χ0) is 12.1. The third-order valence-corrected chi connectivity index (χ3v) is 3.46. The Morgan fingerprint density at radius 1 is 1.41 bits per heavy atom. The Bertz CT molecular complexity index is 254. The summed E-state index contributed by atoms with van der Waals surface area (Å²) in [6.45, 7) is 4.88. The molecule has 2 rings (SSSR count). The fourth-order valence-corrected chi connectivity index (χ4v) is 2.33. The molecule has 2 unspecified atom stereocenters. The van der Waals surface area contributed by atoms with Gasteiger partial charge < -0.3 is 20.1 Å². The van der Waals surface area contributed by atoms with E-state index in [1.54, 1.807) is 0 Å². The number of carbonyl (C=O) groups is 1. The van der Waals surface area contributed by atoms with Crippen molar-refractivity contribution in [2.75, 3.05) is 26.3 Å².